The monoisotopic (exact) mass is 424 g/mol. The Bertz CT molecular complexity index is 917. The molecular weight excluding hydrogens is 400 g/mol. The van der Waals surface area contributed by atoms with E-state index in [1.165, 1.54) is 11.8 Å². The number of rotatable bonds is 6. The molecule has 1 aliphatic rings. The van der Waals surface area contributed by atoms with Crippen LogP contribution in [0, 0.1) is 0 Å². The van der Waals surface area contributed by atoms with Crippen molar-refractivity contribution in [2.75, 3.05) is 16.7 Å². The average Bonchev–Trinajstić information content (AvgIpc) is 3.08. The van der Waals surface area contributed by atoms with Crippen LogP contribution in [0.5, 0.6) is 0 Å². The molecule has 2 aromatic rings. The van der Waals surface area contributed by atoms with Crippen LogP contribution in [0.25, 0.3) is 11.5 Å². The van der Waals surface area contributed by atoms with Gasteiger partial charge in [-0.3, -0.25) is 9.52 Å². The number of aromatic nitrogens is 2. The Balaban J connectivity index is 1.60. The summed E-state index contributed by atoms with van der Waals surface area (Å²) in [5.74, 6) is 0.661. The van der Waals surface area contributed by atoms with Gasteiger partial charge in [-0.1, -0.05) is 11.8 Å². The molecule has 0 radical (unpaired) electrons. The van der Waals surface area contributed by atoms with Crippen LogP contribution >= 0.6 is 11.8 Å². The Labute approximate surface area is 169 Å². The highest BCUT2D eigenvalue weighted by Gasteiger charge is 2.29. The molecule has 0 spiro atoms. The van der Waals surface area contributed by atoms with E-state index in [4.69, 9.17) is 4.42 Å². The largest absolute Gasteiger partial charge is 0.411 e. The second-order valence-corrected chi connectivity index (χ2v) is 9.72. The molecule has 8 nitrogen and oxygen atoms in total. The summed E-state index contributed by atoms with van der Waals surface area (Å²) in [5.41, 5.74) is 1.12. The van der Waals surface area contributed by atoms with E-state index >= 15 is 0 Å². The normalized spacial score (nSPS) is 20.2. The zero-order chi connectivity index (χ0) is 20.3. The molecule has 0 aliphatic carbocycles. The van der Waals surface area contributed by atoms with Crippen molar-refractivity contribution in [3.63, 3.8) is 0 Å². The van der Waals surface area contributed by atoms with Crippen molar-refractivity contribution in [1.82, 2.24) is 15.1 Å². The van der Waals surface area contributed by atoms with Crippen LogP contribution < -0.4 is 4.72 Å². The first-order valence-corrected chi connectivity index (χ1v) is 12.0. The second-order valence-electron chi connectivity index (χ2n) is 7.04. The predicted octanol–water partition coefficient (Wildman–Crippen LogP) is 2.99. The summed E-state index contributed by atoms with van der Waals surface area (Å²) in [6.07, 6.45) is 4.32. The second kappa shape index (κ2) is 8.52. The van der Waals surface area contributed by atoms with Crippen LogP contribution in [0.15, 0.2) is 33.9 Å². The van der Waals surface area contributed by atoms with Gasteiger partial charge in [0.1, 0.15) is 0 Å². The van der Waals surface area contributed by atoms with Gasteiger partial charge in [0.25, 0.3) is 5.22 Å². The summed E-state index contributed by atoms with van der Waals surface area (Å²) in [5, 5.41) is 8.34. The van der Waals surface area contributed by atoms with E-state index in [0.29, 0.717) is 22.4 Å². The zero-order valence-electron chi connectivity index (χ0n) is 16.1. The summed E-state index contributed by atoms with van der Waals surface area (Å²) in [7, 11) is -3.32. The van der Waals surface area contributed by atoms with E-state index in [1.807, 2.05) is 4.90 Å². The minimum Gasteiger partial charge on any atom is -0.411 e. The molecule has 1 aliphatic heterocycles. The molecule has 0 bridgehead atoms. The van der Waals surface area contributed by atoms with Crippen LogP contribution in [0.3, 0.4) is 0 Å². The maximum atomic E-state index is 12.6. The predicted molar refractivity (Wildman–Crippen MR) is 109 cm³/mol. The molecule has 3 rings (SSSR count). The highest BCUT2D eigenvalue weighted by molar-refractivity contribution is 7.99. The number of nitrogens with one attached hydrogen (secondary N) is 1. The SMILES string of the molecule is CC1CCCC(C)N1C(=O)CSc1nnc(-c2ccc(NS(C)(=O)=O)cc2)o1. The van der Waals surface area contributed by atoms with Crippen LogP contribution in [-0.4, -0.2) is 53.5 Å². The van der Waals surface area contributed by atoms with Crippen molar-refractivity contribution in [3.05, 3.63) is 24.3 Å². The number of anilines is 1. The summed E-state index contributed by atoms with van der Waals surface area (Å²) in [6, 6.07) is 7.14. The van der Waals surface area contributed by atoms with E-state index in [-0.39, 0.29) is 23.7 Å². The highest BCUT2D eigenvalue weighted by atomic mass is 32.2. The number of nitrogens with zero attached hydrogens (tertiary/aromatic N) is 3. The molecule has 1 aromatic heterocycles. The molecule has 28 heavy (non-hydrogen) atoms. The van der Waals surface area contributed by atoms with E-state index < -0.39 is 10.0 Å². The molecule has 1 amide bonds. The fraction of sp³-hybridized carbons (Fsp3) is 0.500. The minimum absolute atomic E-state index is 0.0839. The van der Waals surface area contributed by atoms with Crippen molar-refractivity contribution < 1.29 is 17.6 Å². The average molecular weight is 425 g/mol. The van der Waals surface area contributed by atoms with Gasteiger partial charge in [0.05, 0.1) is 12.0 Å². The van der Waals surface area contributed by atoms with Gasteiger partial charge in [-0.15, -0.1) is 10.2 Å². The number of hydrogen-bond donors (Lipinski definition) is 1. The molecule has 1 saturated heterocycles. The Morgan fingerprint density at radius 2 is 1.86 bits per heavy atom. The maximum Gasteiger partial charge on any atom is 0.277 e. The standard InChI is InChI=1S/C18H24N4O4S2/c1-12-5-4-6-13(2)22(12)16(23)11-27-18-20-19-17(26-18)14-7-9-15(10-8-14)21-28(3,24)25/h7-10,12-13,21H,4-6,11H2,1-3H3. The number of benzene rings is 1. The number of amides is 1. The zero-order valence-corrected chi connectivity index (χ0v) is 17.7. The summed E-state index contributed by atoms with van der Waals surface area (Å²) >= 11 is 1.23. The lowest BCUT2D eigenvalue weighted by Crippen LogP contribution is -2.48. The number of piperidine rings is 1. The number of carbonyl (C=O) groups is 1. The summed E-state index contributed by atoms with van der Waals surface area (Å²) in [4.78, 5) is 14.5. The van der Waals surface area contributed by atoms with Crippen LogP contribution in [-0.2, 0) is 14.8 Å². The van der Waals surface area contributed by atoms with Crippen molar-refractivity contribution in [2.24, 2.45) is 0 Å². The van der Waals surface area contributed by atoms with Gasteiger partial charge in [0, 0.05) is 23.3 Å². The summed E-state index contributed by atoms with van der Waals surface area (Å²) < 4.78 is 30.5. The van der Waals surface area contributed by atoms with Crippen molar-refractivity contribution in [2.45, 2.75) is 50.4 Å². The first kappa shape index (κ1) is 20.7. The Morgan fingerprint density at radius 3 is 2.46 bits per heavy atom. The Kier molecular flexibility index (Phi) is 6.29. The summed E-state index contributed by atoms with van der Waals surface area (Å²) in [6.45, 7) is 4.18. The fourth-order valence-electron chi connectivity index (χ4n) is 3.39. The van der Waals surface area contributed by atoms with Gasteiger partial charge in [0.15, 0.2) is 0 Å². The third-order valence-electron chi connectivity index (χ3n) is 4.64. The first-order valence-electron chi connectivity index (χ1n) is 9.08. The highest BCUT2D eigenvalue weighted by Crippen LogP contribution is 2.27. The Hall–Kier alpha value is -2.07. The minimum atomic E-state index is -3.32. The van der Waals surface area contributed by atoms with Crippen LogP contribution in [0.4, 0.5) is 5.69 Å². The number of carbonyl (C=O) groups excluding carboxylic acids is 1. The lowest BCUT2D eigenvalue weighted by atomic mass is 9.98. The van der Waals surface area contributed by atoms with Gasteiger partial charge in [-0.2, -0.15) is 0 Å². The smallest absolute Gasteiger partial charge is 0.277 e. The molecule has 2 heterocycles. The molecule has 2 unspecified atom stereocenters. The molecule has 2 atom stereocenters. The molecule has 1 aromatic carbocycles. The molecule has 1 N–H and O–H groups in total. The van der Waals surface area contributed by atoms with Gasteiger partial charge in [0.2, 0.25) is 21.8 Å². The Morgan fingerprint density at radius 1 is 1.21 bits per heavy atom. The maximum absolute atomic E-state index is 12.6. The van der Waals surface area contributed by atoms with E-state index in [2.05, 4.69) is 28.8 Å². The topological polar surface area (TPSA) is 105 Å². The third-order valence-corrected chi connectivity index (χ3v) is 6.05. The third kappa shape index (κ3) is 5.26. The quantitative estimate of drug-likeness (QED) is 0.711. The van der Waals surface area contributed by atoms with E-state index in [9.17, 15) is 13.2 Å². The van der Waals surface area contributed by atoms with Crippen LogP contribution in [0.1, 0.15) is 33.1 Å². The first-order chi connectivity index (χ1) is 13.2. The number of thioether (sulfide) groups is 1. The molecular formula is C18H24N4O4S2. The van der Waals surface area contributed by atoms with Gasteiger partial charge < -0.3 is 9.32 Å². The fourth-order valence-corrected chi connectivity index (χ4v) is 4.59. The van der Waals surface area contributed by atoms with Gasteiger partial charge in [-0.05, 0) is 57.4 Å². The van der Waals surface area contributed by atoms with E-state index in [0.717, 1.165) is 25.5 Å². The molecule has 0 saturated carbocycles. The van der Waals surface area contributed by atoms with Crippen molar-refractivity contribution >= 4 is 33.4 Å². The van der Waals surface area contributed by atoms with E-state index in [1.54, 1.807) is 24.3 Å². The van der Waals surface area contributed by atoms with Crippen LogP contribution in [0.2, 0.25) is 0 Å². The van der Waals surface area contributed by atoms with Crippen molar-refractivity contribution in [1.29, 1.82) is 0 Å². The number of likely N-dealkylation sites (tertiary alicyclic amines) is 1. The molecule has 10 heteroatoms. The lowest BCUT2D eigenvalue weighted by molar-refractivity contribution is -0.134. The van der Waals surface area contributed by atoms with Gasteiger partial charge in [-0.25, -0.2) is 8.42 Å². The van der Waals surface area contributed by atoms with Crippen molar-refractivity contribution in [3.8, 4) is 11.5 Å². The lowest BCUT2D eigenvalue weighted by Gasteiger charge is -2.39. The van der Waals surface area contributed by atoms with Gasteiger partial charge >= 0.3 is 0 Å². The number of hydrogen-bond acceptors (Lipinski definition) is 7. The molecule has 152 valence electrons. The molecule has 1 fully saturated rings. The number of sulfonamides is 1.